The summed E-state index contributed by atoms with van der Waals surface area (Å²) in [7, 11) is 0. The molecule has 0 aromatic heterocycles. The van der Waals surface area contributed by atoms with Crippen LogP contribution in [-0.4, -0.2) is 24.8 Å². The molecular weight excluding hydrogens is 162 g/mol. The molecule has 3 atom stereocenters. The van der Waals surface area contributed by atoms with Gasteiger partial charge in [0.15, 0.2) is 0 Å². The van der Waals surface area contributed by atoms with Crippen molar-refractivity contribution >= 4 is 0 Å². The van der Waals surface area contributed by atoms with E-state index in [0.29, 0.717) is 6.10 Å². The number of nitrogens with one attached hydrogen (secondary N) is 1. The average Bonchev–Trinajstić information content (AvgIpc) is 2.54. The predicted octanol–water partition coefficient (Wildman–Crippen LogP) is 1.56. The summed E-state index contributed by atoms with van der Waals surface area (Å²) in [6.45, 7) is 5.22. The predicted molar refractivity (Wildman–Crippen MR) is 54.5 cm³/mol. The normalized spacial score (nSPS) is 29.9. The lowest BCUT2D eigenvalue weighted by Crippen LogP contribution is -2.39. The smallest absolute Gasteiger partial charge is 0.0952 e. The maximum atomic E-state index is 5.71. The number of ether oxygens (including phenoxy) is 1. The Labute approximate surface area is 81.0 Å². The summed E-state index contributed by atoms with van der Waals surface area (Å²) in [5.74, 6) is 2.76. The second kappa shape index (κ2) is 5.26. The first-order chi connectivity index (χ1) is 6.27. The first kappa shape index (κ1) is 10.6. The second-order valence-electron chi connectivity index (χ2n) is 3.66. The lowest BCUT2D eigenvalue weighted by Gasteiger charge is -2.19. The Balaban J connectivity index is 2.34. The molecule has 0 bridgehead atoms. The standard InChI is InChI=1S/C11H19NO/c1-4-8-12-10(5-2)11-7-6-9(3)13-11/h2,9-12H,4,6-8H2,1,3H3. The molecule has 1 N–H and O–H groups in total. The number of hydrogen-bond acceptors (Lipinski definition) is 2. The first-order valence-corrected chi connectivity index (χ1v) is 5.13. The molecule has 13 heavy (non-hydrogen) atoms. The van der Waals surface area contributed by atoms with Gasteiger partial charge >= 0.3 is 0 Å². The van der Waals surface area contributed by atoms with Gasteiger partial charge in [-0.15, -0.1) is 6.42 Å². The summed E-state index contributed by atoms with van der Waals surface area (Å²) in [6.07, 6.45) is 9.39. The Morgan fingerprint density at radius 3 is 2.85 bits per heavy atom. The molecule has 1 fully saturated rings. The topological polar surface area (TPSA) is 21.3 Å². The van der Waals surface area contributed by atoms with E-state index in [9.17, 15) is 0 Å². The van der Waals surface area contributed by atoms with Gasteiger partial charge in [0.1, 0.15) is 0 Å². The van der Waals surface area contributed by atoms with Gasteiger partial charge < -0.3 is 10.1 Å². The van der Waals surface area contributed by atoms with Crippen LogP contribution in [0.25, 0.3) is 0 Å². The van der Waals surface area contributed by atoms with Gasteiger partial charge in [0.25, 0.3) is 0 Å². The zero-order valence-electron chi connectivity index (χ0n) is 8.55. The molecule has 1 rings (SSSR count). The summed E-state index contributed by atoms with van der Waals surface area (Å²) < 4.78 is 5.71. The SMILES string of the molecule is C#CC(NCCC)C1CCC(C)O1. The van der Waals surface area contributed by atoms with Crippen molar-refractivity contribution in [2.75, 3.05) is 6.54 Å². The number of terminal acetylenes is 1. The van der Waals surface area contributed by atoms with E-state index in [1.54, 1.807) is 0 Å². The molecule has 3 unspecified atom stereocenters. The lowest BCUT2D eigenvalue weighted by molar-refractivity contribution is 0.0437. The van der Waals surface area contributed by atoms with Crippen LogP contribution in [0, 0.1) is 12.3 Å². The first-order valence-electron chi connectivity index (χ1n) is 5.13. The van der Waals surface area contributed by atoms with E-state index in [1.165, 1.54) is 0 Å². The highest BCUT2D eigenvalue weighted by Gasteiger charge is 2.27. The van der Waals surface area contributed by atoms with Crippen LogP contribution in [0.3, 0.4) is 0 Å². The van der Waals surface area contributed by atoms with Crippen molar-refractivity contribution in [2.24, 2.45) is 0 Å². The Bertz CT molecular complexity index is 185. The molecule has 0 spiro atoms. The van der Waals surface area contributed by atoms with Crippen molar-refractivity contribution in [3.63, 3.8) is 0 Å². The fourth-order valence-electron chi connectivity index (χ4n) is 1.68. The van der Waals surface area contributed by atoms with Crippen LogP contribution in [0.2, 0.25) is 0 Å². The van der Waals surface area contributed by atoms with Gasteiger partial charge in [-0.2, -0.15) is 0 Å². The zero-order chi connectivity index (χ0) is 9.68. The molecule has 1 heterocycles. The van der Waals surface area contributed by atoms with Crippen LogP contribution in [0.5, 0.6) is 0 Å². The summed E-state index contributed by atoms with van der Waals surface area (Å²) in [6, 6.07) is 0.102. The highest BCUT2D eigenvalue weighted by Crippen LogP contribution is 2.21. The van der Waals surface area contributed by atoms with Crippen LogP contribution < -0.4 is 5.32 Å². The van der Waals surface area contributed by atoms with Crippen molar-refractivity contribution in [1.29, 1.82) is 0 Å². The minimum atomic E-state index is 0.102. The fraction of sp³-hybridized carbons (Fsp3) is 0.818. The van der Waals surface area contributed by atoms with Crippen LogP contribution in [-0.2, 0) is 4.74 Å². The third-order valence-electron chi connectivity index (χ3n) is 2.43. The second-order valence-corrected chi connectivity index (χ2v) is 3.66. The highest BCUT2D eigenvalue weighted by molar-refractivity contribution is 5.04. The van der Waals surface area contributed by atoms with Gasteiger partial charge in [-0.1, -0.05) is 12.8 Å². The number of rotatable bonds is 4. The van der Waals surface area contributed by atoms with Crippen LogP contribution in [0.4, 0.5) is 0 Å². The van der Waals surface area contributed by atoms with E-state index in [0.717, 1.165) is 25.8 Å². The van der Waals surface area contributed by atoms with E-state index < -0.39 is 0 Å². The van der Waals surface area contributed by atoms with E-state index in [2.05, 4.69) is 25.1 Å². The summed E-state index contributed by atoms with van der Waals surface area (Å²) in [5, 5.41) is 3.32. The maximum Gasteiger partial charge on any atom is 0.0952 e. The Morgan fingerprint density at radius 2 is 2.38 bits per heavy atom. The molecule has 74 valence electrons. The quantitative estimate of drug-likeness (QED) is 0.664. The lowest BCUT2D eigenvalue weighted by atomic mass is 10.1. The van der Waals surface area contributed by atoms with Crippen molar-refractivity contribution < 1.29 is 4.74 Å². The van der Waals surface area contributed by atoms with Gasteiger partial charge in [-0.25, -0.2) is 0 Å². The third-order valence-corrected chi connectivity index (χ3v) is 2.43. The molecule has 1 aliphatic heterocycles. The molecule has 0 aliphatic carbocycles. The molecule has 2 heteroatoms. The third kappa shape index (κ3) is 3.02. The molecule has 1 saturated heterocycles. The van der Waals surface area contributed by atoms with Crippen LogP contribution in [0.15, 0.2) is 0 Å². The molecule has 0 radical (unpaired) electrons. The van der Waals surface area contributed by atoms with Gasteiger partial charge in [0.2, 0.25) is 0 Å². The van der Waals surface area contributed by atoms with Crippen molar-refractivity contribution in [1.82, 2.24) is 5.32 Å². The van der Waals surface area contributed by atoms with E-state index >= 15 is 0 Å². The van der Waals surface area contributed by atoms with Crippen molar-refractivity contribution in [3.8, 4) is 12.3 Å². The fourth-order valence-corrected chi connectivity index (χ4v) is 1.68. The summed E-state index contributed by atoms with van der Waals surface area (Å²) >= 11 is 0. The van der Waals surface area contributed by atoms with Crippen LogP contribution >= 0.6 is 0 Å². The molecule has 0 aromatic carbocycles. The van der Waals surface area contributed by atoms with Gasteiger partial charge in [0, 0.05) is 0 Å². The van der Waals surface area contributed by atoms with Crippen LogP contribution in [0.1, 0.15) is 33.1 Å². The molecular formula is C11H19NO. The molecule has 0 amide bonds. The Kier molecular flexibility index (Phi) is 4.27. The summed E-state index contributed by atoms with van der Waals surface area (Å²) in [4.78, 5) is 0. The minimum absolute atomic E-state index is 0.102. The van der Waals surface area contributed by atoms with E-state index in [-0.39, 0.29) is 12.1 Å². The van der Waals surface area contributed by atoms with Gasteiger partial charge in [0.05, 0.1) is 18.2 Å². The monoisotopic (exact) mass is 181 g/mol. The van der Waals surface area contributed by atoms with Crippen molar-refractivity contribution in [2.45, 2.75) is 51.4 Å². The molecule has 2 nitrogen and oxygen atoms in total. The van der Waals surface area contributed by atoms with Crippen molar-refractivity contribution in [3.05, 3.63) is 0 Å². The van der Waals surface area contributed by atoms with Gasteiger partial charge in [-0.3, -0.25) is 0 Å². The molecule has 1 aliphatic rings. The average molecular weight is 181 g/mol. The highest BCUT2D eigenvalue weighted by atomic mass is 16.5. The molecule has 0 saturated carbocycles. The largest absolute Gasteiger partial charge is 0.373 e. The van der Waals surface area contributed by atoms with Gasteiger partial charge in [-0.05, 0) is 32.7 Å². The summed E-state index contributed by atoms with van der Waals surface area (Å²) in [5.41, 5.74) is 0. The van der Waals surface area contributed by atoms with E-state index in [1.807, 2.05) is 0 Å². The van der Waals surface area contributed by atoms with E-state index in [4.69, 9.17) is 11.2 Å². The Morgan fingerprint density at radius 1 is 1.62 bits per heavy atom. The maximum absolute atomic E-state index is 5.71. The minimum Gasteiger partial charge on any atom is -0.373 e. The number of hydrogen-bond donors (Lipinski definition) is 1. The Hall–Kier alpha value is -0.520. The molecule has 0 aromatic rings. The zero-order valence-corrected chi connectivity index (χ0v) is 8.55.